The van der Waals surface area contributed by atoms with Crippen molar-refractivity contribution in [1.82, 2.24) is 10.6 Å². The standard InChI is InChI=1S/C6H14N4O/c1-6(2,9-3-4-11)10-5(7)8/h4,9H,3H2,1-2H3,(H4,7,8,10). The zero-order valence-electron chi connectivity index (χ0n) is 6.77. The second kappa shape index (κ2) is 3.92. The summed E-state index contributed by atoms with van der Waals surface area (Å²) in [6.07, 6.45) is 0.754. The van der Waals surface area contributed by atoms with Gasteiger partial charge in [-0.2, -0.15) is 0 Å². The molecule has 0 aliphatic carbocycles. The van der Waals surface area contributed by atoms with E-state index in [4.69, 9.17) is 11.1 Å². The summed E-state index contributed by atoms with van der Waals surface area (Å²) in [5, 5.41) is 12.4. The van der Waals surface area contributed by atoms with Crippen LogP contribution in [0.3, 0.4) is 0 Å². The smallest absolute Gasteiger partial charge is 0.187 e. The second-order valence-electron chi connectivity index (χ2n) is 2.71. The van der Waals surface area contributed by atoms with E-state index in [0.29, 0.717) is 0 Å². The van der Waals surface area contributed by atoms with Crippen molar-refractivity contribution in [2.75, 3.05) is 6.54 Å². The van der Waals surface area contributed by atoms with E-state index < -0.39 is 5.66 Å². The number of carbonyl (C=O) groups is 1. The Bertz CT molecular complexity index is 155. The number of hydrogen-bond donors (Lipinski definition) is 4. The number of carbonyl (C=O) groups excluding carboxylic acids is 1. The highest BCUT2D eigenvalue weighted by Gasteiger charge is 2.15. The van der Waals surface area contributed by atoms with Gasteiger partial charge in [-0.15, -0.1) is 0 Å². The van der Waals surface area contributed by atoms with E-state index in [-0.39, 0.29) is 12.5 Å². The van der Waals surface area contributed by atoms with Crippen LogP contribution < -0.4 is 16.4 Å². The fourth-order valence-electron chi connectivity index (χ4n) is 0.678. The Morgan fingerprint density at radius 3 is 2.64 bits per heavy atom. The number of aldehydes is 1. The summed E-state index contributed by atoms with van der Waals surface area (Å²) >= 11 is 0. The van der Waals surface area contributed by atoms with Crippen molar-refractivity contribution in [1.29, 1.82) is 5.41 Å². The van der Waals surface area contributed by atoms with Gasteiger partial charge in [-0.05, 0) is 13.8 Å². The van der Waals surface area contributed by atoms with Crippen LogP contribution in [0.4, 0.5) is 0 Å². The third kappa shape index (κ3) is 5.35. The lowest BCUT2D eigenvalue weighted by Crippen LogP contribution is -2.56. The van der Waals surface area contributed by atoms with E-state index in [1.807, 2.05) is 0 Å². The molecule has 0 saturated carbocycles. The summed E-state index contributed by atoms with van der Waals surface area (Å²) in [6.45, 7) is 3.82. The molecule has 0 rings (SSSR count). The molecular formula is C6H14N4O. The maximum absolute atomic E-state index is 9.96. The van der Waals surface area contributed by atoms with Crippen LogP contribution in [0.5, 0.6) is 0 Å². The number of hydrogen-bond acceptors (Lipinski definition) is 3. The number of nitrogens with one attached hydrogen (secondary N) is 3. The Hall–Kier alpha value is -1.10. The quantitative estimate of drug-likeness (QED) is 0.183. The Labute approximate surface area is 65.9 Å². The number of guanidine groups is 1. The van der Waals surface area contributed by atoms with Crippen molar-refractivity contribution in [3.63, 3.8) is 0 Å². The van der Waals surface area contributed by atoms with E-state index in [0.717, 1.165) is 6.29 Å². The highest BCUT2D eigenvalue weighted by atomic mass is 16.1. The van der Waals surface area contributed by atoms with Gasteiger partial charge < -0.3 is 15.8 Å². The van der Waals surface area contributed by atoms with Crippen LogP contribution in [0, 0.1) is 5.41 Å². The molecule has 0 aromatic carbocycles. The SMILES string of the molecule is CC(C)(NCC=O)NC(=N)N. The van der Waals surface area contributed by atoms with Crippen LogP contribution in [0.15, 0.2) is 0 Å². The summed E-state index contributed by atoms with van der Waals surface area (Å²) in [5.41, 5.74) is 4.59. The normalized spacial score (nSPS) is 10.7. The molecule has 5 heteroatoms. The van der Waals surface area contributed by atoms with E-state index in [2.05, 4.69) is 10.6 Å². The maximum atomic E-state index is 9.96. The lowest BCUT2D eigenvalue weighted by molar-refractivity contribution is -0.107. The topological polar surface area (TPSA) is 91.0 Å². The molecule has 0 spiro atoms. The molecular weight excluding hydrogens is 144 g/mol. The largest absolute Gasteiger partial charge is 0.370 e. The molecule has 5 nitrogen and oxygen atoms in total. The summed E-state index contributed by atoms with van der Waals surface area (Å²) in [6, 6.07) is 0. The Morgan fingerprint density at radius 2 is 2.27 bits per heavy atom. The Kier molecular flexibility index (Phi) is 3.53. The monoisotopic (exact) mass is 158 g/mol. The minimum absolute atomic E-state index is 0.117. The number of nitrogens with two attached hydrogens (primary N) is 1. The van der Waals surface area contributed by atoms with Gasteiger partial charge in [-0.3, -0.25) is 10.7 Å². The highest BCUT2D eigenvalue weighted by molar-refractivity contribution is 5.75. The highest BCUT2D eigenvalue weighted by Crippen LogP contribution is 1.92. The molecule has 0 aromatic heterocycles. The first-order chi connectivity index (χ1) is 4.98. The van der Waals surface area contributed by atoms with Crippen LogP contribution in [-0.2, 0) is 4.79 Å². The zero-order valence-corrected chi connectivity index (χ0v) is 6.77. The van der Waals surface area contributed by atoms with E-state index >= 15 is 0 Å². The van der Waals surface area contributed by atoms with Gasteiger partial charge in [0.1, 0.15) is 6.29 Å². The van der Waals surface area contributed by atoms with Crippen molar-refractivity contribution in [3.05, 3.63) is 0 Å². The molecule has 0 aromatic rings. The molecule has 0 saturated heterocycles. The first kappa shape index (κ1) is 9.90. The van der Waals surface area contributed by atoms with Gasteiger partial charge in [0.25, 0.3) is 0 Å². The van der Waals surface area contributed by atoms with Crippen LogP contribution >= 0.6 is 0 Å². The predicted molar refractivity (Wildman–Crippen MR) is 43.2 cm³/mol. The minimum atomic E-state index is -0.507. The molecule has 0 bridgehead atoms. The molecule has 0 atom stereocenters. The van der Waals surface area contributed by atoms with Gasteiger partial charge in [-0.1, -0.05) is 0 Å². The Morgan fingerprint density at radius 1 is 1.73 bits per heavy atom. The predicted octanol–water partition coefficient (Wildman–Crippen LogP) is -1.01. The summed E-state index contributed by atoms with van der Waals surface area (Å²) in [7, 11) is 0. The fourth-order valence-corrected chi connectivity index (χ4v) is 0.678. The zero-order chi connectivity index (χ0) is 8.91. The Balaban J connectivity index is 3.78. The van der Waals surface area contributed by atoms with Gasteiger partial charge in [0.2, 0.25) is 0 Å². The van der Waals surface area contributed by atoms with Crippen LogP contribution in [0.1, 0.15) is 13.8 Å². The first-order valence-corrected chi connectivity index (χ1v) is 3.29. The fraction of sp³-hybridized carbons (Fsp3) is 0.667. The minimum Gasteiger partial charge on any atom is -0.370 e. The molecule has 64 valence electrons. The van der Waals surface area contributed by atoms with Gasteiger partial charge in [0.15, 0.2) is 5.96 Å². The van der Waals surface area contributed by atoms with E-state index in [9.17, 15) is 4.79 Å². The van der Waals surface area contributed by atoms with Crippen molar-refractivity contribution < 1.29 is 4.79 Å². The average molecular weight is 158 g/mol. The molecule has 0 radical (unpaired) electrons. The molecule has 0 aliphatic heterocycles. The lowest BCUT2D eigenvalue weighted by Gasteiger charge is -2.26. The van der Waals surface area contributed by atoms with Crippen molar-refractivity contribution in [3.8, 4) is 0 Å². The molecule has 5 N–H and O–H groups in total. The molecule has 0 aliphatic rings. The van der Waals surface area contributed by atoms with Gasteiger partial charge >= 0.3 is 0 Å². The van der Waals surface area contributed by atoms with Gasteiger partial charge in [0.05, 0.1) is 12.2 Å². The van der Waals surface area contributed by atoms with E-state index in [1.54, 1.807) is 13.8 Å². The van der Waals surface area contributed by atoms with Crippen molar-refractivity contribution in [2.24, 2.45) is 5.73 Å². The van der Waals surface area contributed by atoms with Gasteiger partial charge in [0, 0.05) is 0 Å². The third-order valence-corrected chi connectivity index (χ3v) is 1.07. The number of rotatable bonds is 4. The average Bonchev–Trinajstić information content (AvgIpc) is 1.81. The van der Waals surface area contributed by atoms with Crippen LogP contribution in [0.25, 0.3) is 0 Å². The first-order valence-electron chi connectivity index (χ1n) is 3.29. The van der Waals surface area contributed by atoms with E-state index in [1.165, 1.54) is 0 Å². The van der Waals surface area contributed by atoms with Crippen molar-refractivity contribution in [2.45, 2.75) is 19.5 Å². The molecule has 0 amide bonds. The molecule has 0 heterocycles. The summed E-state index contributed by atoms with van der Waals surface area (Å²) in [5.74, 6) is -0.117. The second-order valence-corrected chi connectivity index (χ2v) is 2.71. The lowest BCUT2D eigenvalue weighted by atomic mass is 10.2. The molecule has 0 fully saturated rings. The van der Waals surface area contributed by atoms with Gasteiger partial charge in [-0.25, -0.2) is 0 Å². The van der Waals surface area contributed by atoms with Crippen LogP contribution in [0.2, 0.25) is 0 Å². The van der Waals surface area contributed by atoms with Crippen molar-refractivity contribution >= 4 is 12.2 Å². The maximum Gasteiger partial charge on any atom is 0.187 e. The molecule has 0 unspecified atom stereocenters. The molecule has 11 heavy (non-hydrogen) atoms. The van der Waals surface area contributed by atoms with Crippen LogP contribution in [-0.4, -0.2) is 24.5 Å². The summed E-state index contributed by atoms with van der Waals surface area (Å²) in [4.78, 5) is 9.96. The summed E-state index contributed by atoms with van der Waals surface area (Å²) < 4.78 is 0. The third-order valence-electron chi connectivity index (χ3n) is 1.07.